The fourth-order valence-electron chi connectivity index (χ4n) is 14.6. The standard InChI is InChI=1S/C68H50FN3/c69-50-32-35-53(36-33-50)72-62-28-13-11-25-57(62)58-39-37-54(43-64(58)72)71(52-22-8-3-9-23-52)63-29-15-17-45-41-49-31-30-48-40-44-16-14-27-61(65(44)68(48,49)66(45)63)70-51-34-38-56-55-24-10-12-26-59(55)67(60(56)42-51,46-18-4-1-5-19-46)47-20-6-2-7-21-47/h1-29,32-39,42-43,48-49,70H,30-31,40-41H2. The van der Waals surface area contributed by atoms with Crippen LogP contribution in [0.4, 0.5) is 32.8 Å². The van der Waals surface area contributed by atoms with Crippen LogP contribution in [0.2, 0.25) is 0 Å². The number of hydrogen-bond acceptors (Lipinski definition) is 2. The van der Waals surface area contributed by atoms with Crippen LogP contribution in [-0.4, -0.2) is 4.57 Å². The molecule has 72 heavy (non-hydrogen) atoms. The van der Waals surface area contributed by atoms with Gasteiger partial charge in [0.15, 0.2) is 0 Å². The zero-order valence-corrected chi connectivity index (χ0v) is 39.8. The highest BCUT2D eigenvalue weighted by Crippen LogP contribution is 2.68. The Bertz CT molecular complexity index is 3890. The predicted octanol–water partition coefficient (Wildman–Crippen LogP) is 16.9. The van der Waals surface area contributed by atoms with Gasteiger partial charge in [-0.2, -0.15) is 0 Å². The molecule has 1 spiro atoms. The number of anilines is 5. The number of nitrogens with zero attached hydrogens (tertiary/aromatic N) is 2. The first kappa shape index (κ1) is 41.3. The van der Waals surface area contributed by atoms with Crippen LogP contribution < -0.4 is 10.2 Å². The molecule has 1 saturated carbocycles. The van der Waals surface area contributed by atoms with Gasteiger partial charge in [0, 0.05) is 44.6 Å². The van der Waals surface area contributed by atoms with Gasteiger partial charge >= 0.3 is 0 Å². The lowest BCUT2D eigenvalue weighted by Gasteiger charge is -2.38. The fraction of sp³-hybridized carbons (Fsp3) is 0.118. The minimum absolute atomic E-state index is 0.185. The monoisotopic (exact) mass is 927 g/mol. The topological polar surface area (TPSA) is 20.2 Å². The molecule has 4 aliphatic carbocycles. The maximum Gasteiger partial charge on any atom is 0.123 e. The van der Waals surface area contributed by atoms with E-state index >= 15 is 0 Å². The number of nitrogens with one attached hydrogen (secondary N) is 1. The number of hydrogen-bond donors (Lipinski definition) is 1. The predicted molar refractivity (Wildman–Crippen MR) is 293 cm³/mol. The van der Waals surface area contributed by atoms with Crippen molar-refractivity contribution in [3.05, 3.63) is 287 Å². The van der Waals surface area contributed by atoms with Crippen LogP contribution in [0.15, 0.2) is 237 Å². The van der Waals surface area contributed by atoms with Crippen LogP contribution in [0.1, 0.15) is 57.3 Å². The number of rotatable bonds is 8. The molecule has 0 amide bonds. The molecule has 1 fully saturated rings. The molecule has 3 nitrogen and oxygen atoms in total. The number of para-hydroxylation sites is 2. The summed E-state index contributed by atoms with van der Waals surface area (Å²) in [5.41, 5.74) is 21.8. The second kappa shape index (κ2) is 15.8. The Balaban J connectivity index is 0.911. The Labute approximate surface area is 419 Å². The first-order chi connectivity index (χ1) is 35.6. The van der Waals surface area contributed by atoms with Gasteiger partial charge in [0.05, 0.1) is 22.1 Å². The van der Waals surface area contributed by atoms with Gasteiger partial charge in [0.2, 0.25) is 0 Å². The first-order valence-corrected chi connectivity index (χ1v) is 25.6. The van der Waals surface area contributed by atoms with Crippen LogP contribution in [0.3, 0.4) is 0 Å². The Morgan fingerprint density at radius 1 is 0.472 bits per heavy atom. The highest BCUT2D eigenvalue weighted by atomic mass is 19.1. The molecule has 0 saturated heterocycles. The van der Waals surface area contributed by atoms with Gasteiger partial charge in [-0.05, 0) is 172 Å². The van der Waals surface area contributed by atoms with Gasteiger partial charge in [-0.25, -0.2) is 4.39 Å². The molecular weight excluding hydrogens is 878 g/mol. The third-order valence-electron chi connectivity index (χ3n) is 17.2. The fourth-order valence-corrected chi connectivity index (χ4v) is 14.6. The quantitative estimate of drug-likeness (QED) is 0.164. The number of halogens is 1. The molecule has 1 N–H and O–H groups in total. The second-order valence-corrected chi connectivity index (χ2v) is 20.5. The van der Waals surface area contributed by atoms with E-state index in [9.17, 15) is 4.39 Å². The van der Waals surface area contributed by atoms with Gasteiger partial charge in [-0.1, -0.05) is 158 Å². The van der Waals surface area contributed by atoms with Gasteiger partial charge in [0.25, 0.3) is 0 Å². The second-order valence-electron chi connectivity index (χ2n) is 20.5. The Morgan fingerprint density at radius 3 is 1.85 bits per heavy atom. The van der Waals surface area contributed by atoms with E-state index < -0.39 is 5.41 Å². The zero-order chi connectivity index (χ0) is 47.5. The van der Waals surface area contributed by atoms with Gasteiger partial charge in [0.1, 0.15) is 5.82 Å². The van der Waals surface area contributed by atoms with Crippen molar-refractivity contribution < 1.29 is 4.39 Å². The molecule has 3 unspecified atom stereocenters. The van der Waals surface area contributed by atoms with Crippen molar-refractivity contribution in [2.24, 2.45) is 11.8 Å². The summed E-state index contributed by atoms with van der Waals surface area (Å²) >= 11 is 0. The number of fused-ring (bicyclic) bond motifs is 8. The lowest BCUT2D eigenvalue weighted by atomic mass is 9.67. The van der Waals surface area contributed by atoms with E-state index in [1.54, 1.807) is 12.1 Å². The van der Waals surface area contributed by atoms with Crippen LogP contribution in [0.25, 0.3) is 38.6 Å². The smallest absolute Gasteiger partial charge is 0.123 e. The highest BCUT2D eigenvalue weighted by Gasteiger charge is 2.62. The zero-order valence-electron chi connectivity index (χ0n) is 39.8. The molecule has 15 rings (SSSR count). The van der Waals surface area contributed by atoms with E-state index in [1.807, 2.05) is 12.1 Å². The summed E-state index contributed by atoms with van der Waals surface area (Å²) in [5.74, 6) is 0.708. The minimum atomic E-state index is -0.484. The molecule has 10 aromatic carbocycles. The highest BCUT2D eigenvalue weighted by molar-refractivity contribution is 6.10. The van der Waals surface area contributed by atoms with E-state index in [4.69, 9.17) is 0 Å². The molecule has 344 valence electrons. The summed E-state index contributed by atoms with van der Waals surface area (Å²) in [5, 5.41) is 6.52. The molecular formula is C68H50FN3. The van der Waals surface area contributed by atoms with Crippen LogP contribution >= 0.6 is 0 Å². The Morgan fingerprint density at radius 2 is 1.10 bits per heavy atom. The van der Waals surface area contributed by atoms with Crippen molar-refractivity contribution in [3.63, 3.8) is 0 Å². The molecule has 11 aromatic rings. The van der Waals surface area contributed by atoms with E-state index in [0.717, 1.165) is 46.6 Å². The van der Waals surface area contributed by atoms with Crippen LogP contribution in [-0.2, 0) is 23.7 Å². The normalized spacial score (nSPS) is 18.6. The molecule has 0 aliphatic heterocycles. The third kappa shape index (κ3) is 5.72. The maximum atomic E-state index is 14.4. The van der Waals surface area contributed by atoms with E-state index in [2.05, 4.69) is 227 Å². The lowest BCUT2D eigenvalue weighted by molar-refractivity contribution is 0.350. The Hall–Kier alpha value is -8.47. The lowest BCUT2D eigenvalue weighted by Crippen LogP contribution is -2.34. The van der Waals surface area contributed by atoms with Crippen molar-refractivity contribution in [3.8, 4) is 16.8 Å². The Kier molecular flexibility index (Phi) is 9.05. The molecule has 4 heteroatoms. The molecule has 4 aliphatic rings. The van der Waals surface area contributed by atoms with E-state index in [-0.39, 0.29) is 11.2 Å². The third-order valence-corrected chi connectivity index (χ3v) is 17.2. The SMILES string of the molecule is Fc1ccc(-n2c3ccccc3c3ccc(N(c4ccccc4)c4cccc5c4C46c7c(cccc7Nc7ccc8c(c7)C(c7ccccc7)(c7ccccc7)c7ccccc7-8)CC4CCC6C5)cc32)cc1. The summed E-state index contributed by atoms with van der Waals surface area (Å²) in [6.45, 7) is 0. The van der Waals surface area contributed by atoms with Crippen molar-refractivity contribution in [2.45, 2.75) is 36.5 Å². The average Bonchev–Trinajstić information content (AvgIpc) is 4.21. The minimum Gasteiger partial charge on any atom is -0.355 e. The molecule has 0 bridgehead atoms. The van der Waals surface area contributed by atoms with Crippen molar-refractivity contribution >= 4 is 50.2 Å². The maximum absolute atomic E-state index is 14.4. The molecule has 1 heterocycles. The van der Waals surface area contributed by atoms with Crippen molar-refractivity contribution in [1.82, 2.24) is 4.57 Å². The largest absolute Gasteiger partial charge is 0.355 e. The van der Waals surface area contributed by atoms with Gasteiger partial charge < -0.3 is 14.8 Å². The van der Waals surface area contributed by atoms with Gasteiger partial charge in [-0.15, -0.1) is 0 Å². The number of aromatic nitrogens is 1. The van der Waals surface area contributed by atoms with Crippen molar-refractivity contribution in [2.75, 3.05) is 10.2 Å². The van der Waals surface area contributed by atoms with E-state index in [1.165, 1.54) is 90.6 Å². The summed E-state index contributed by atoms with van der Waals surface area (Å²) < 4.78 is 16.7. The summed E-state index contributed by atoms with van der Waals surface area (Å²) in [6.07, 6.45) is 4.53. The van der Waals surface area contributed by atoms with Crippen LogP contribution in [0, 0.1) is 17.7 Å². The summed E-state index contributed by atoms with van der Waals surface area (Å²) in [4.78, 5) is 2.52. The summed E-state index contributed by atoms with van der Waals surface area (Å²) in [7, 11) is 0. The van der Waals surface area contributed by atoms with Crippen molar-refractivity contribution in [1.29, 1.82) is 0 Å². The average molecular weight is 928 g/mol. The molecule has 3 atom stereocenters. The first-order valence-electron chi connectivity index (χ1n) is 25.6. The number of benzene rings is 10. The molecule has 0 radical (unpaired) electrons. The van der Waals surface area contributed by atoms with E-state index in [0.29, 0.717) is 11.8 Å². The molecule has 1 aromatic heterocycles. The summed E-state index contributed by atoms with van der Waals surface area (Å²) in [6, 6.07) is 85.8. The van der Waals surface area contributed by atoms with Crippen LogP contribution in [0.5, 0.6) is 0 Å². The van der Waals surface area contributed by atoms with Gasteiger partial charge in [-0.3, -0.25) is 0 Å².